The third kappa shape index (κ3) is 5.13. The molecular weight excluding hydrogens is 417 g/mol. The molecule has 8 heteroatoms. The molecule has 1 aromatic heterocycles. The number of rotatable bonds is 7. The van der Waals surface area contributed by atoms with Crippen molar-refractivity contribution in [2.24, 2.45) is 0 Å². The molecule has 2 aromatic carbocycles. The fourth-order valence-corrected chi connectivity index (χ4v) is 2.78. The summed E-state index contributed by atoms with van der Waals surface area (Å²) in [5.74, 6) is 1.04. The predicted octanol–water partition coefficient (Wildman–Crippen LogP) is 3.90. The van der Waals surface area contributed by atoms with E-state index in [-0.39, 0.29) is 24.7 Å². The molecule has 0 saturated heterocycles. The lowest BCUT2D eigenvalue weighted by Crippen LogP contribution is -2.23. The van der Waals surface area contributed by atoms with E-state index in [4.69, 9.17) is 9.26 Å². The number of hydrogen-bond acceptors (Lipinski definition) is 5. The maximum absolute atomic E-state index is 13.3. The van der Waals surface area contributed by atoms with Crippen molar-refractivity contribution >= 4 is 21.8 Å². The summed E-state index contributed by atoms with van der Waals surface area (Å²) in [4.78, 5) is 16.3. The highest BCUT2D eigenvalue weighted by molar-refractivity contribution is 9.10. The third-order valence-corrected chi connectivity index (χ3v) is 4.64. The topological polar surface area (TPSA) is 77.2 Å². The van der Waals surface area contributed by atoms with Gasteiger partial charge in [-0.15, -0.1) is 0 Å². The molecule has 6 nitrogen and oxygen atoms in total. The molecule has 140 valence electrons. The minimum absolute atomic E-state index is 0.185. The molecule has 0 unspecified atom stereocenters. The number of methoxy groups -OCH3 is 1. The molecule has 0 aliphatic rings. The van der Waals surface area contributed by atoms with Crippen LogP contribution < -0.4 is 10.1 Å². The third-order valence-electron chi connectivity index (χ3n) is 3.87. The molecule has 0 aliphatic carbocycles. The molecule has 0 saturated carbocycles. The van der Waals surface area contributed by atoms with Crippen molar-refractivity contribution in [2.75, 3.05) is 7.11 Å². The van der Waals surface area contributed by atoms with Crippen molar-refractivity contribution in [2.45, 2.75) is 19.4 Å². The van der Waals surface area contributed by atoms with Crippen LogP contribution in [0.2, 0.25) is 0 Å². The second-order valence-electron chi connectivity index (χ2n) is 5.75. The number of benzene rings is 2. The SMILES string of the molecule is COc1ccc(-c2noc(CCC(=O)NCc3cc(F)ccc3Br)n2)cc1. The van der Waals surface area contributed by atoms with Gasteiger partial charge in [-0.2, -0.15) is 4.98 Å². The fourth-order valence-electron chi connectivity index (χ4n) is 2.40. The number of carbonyl (C=O) groups is 1. The van der Waals surface area contributed by atoms with Gasteiger partial charge in [0.25, 0.3) is 0 Å². The number of carbonyl (C=O) groups excluding carboxylic acids is 1. The Morgan fingerprint density at radius 3 is 2.78 bits per heavy atom. The van der Waals surface area contributed by atoms with E-state index in [9.17, 15) is 9.18 Å². The summed E-state index contributed by atoms with van der Waals surface area (Å²) in [6.45, 7) is 0.234. The summed E-state index contributed by atoms with van der Waals surface area (Å²) in [7, 11) is 1.60. The Morgan fingerprint density at radius 2 is 2.04 bits per heavy atom. The van der Waals surface area contributed by atoms with Crippen molar-refractivity contribution in [3.05, 3.63) is 64.2 Å². The zero-order chi connectivity index (χ0) is 19.2. The highest BCUT2D eigenvalue weighted by Gasteiger charge is 2.11. The number of amides is 1. The Hall–Kier alpha value is -2.74. The van der Waals surface area contributed by atoms with Gasteiger partial charge in [0, 0.05) is 29.4 Å². The summed E-state index contributed by atoms with van der Waals surface area (Å²) >= 11 is 3.33. The largest absolute Gasteiger partial charge is 0.497 e. The van der Waals surface area contributed by atoms with Crippen LogP contribution in [0.25, 0.3) is 11.4 Å². The summed E-state index contributed by atoms with van der Waals surface area (Å²) in [6, 6.07) is 11.6. The molecule has 3 aromatic rings. The molecule has 0 atom stereocenters. The molecular formula is C19H17BrFN3O3. The minimum atomic E-state index is -0.348. The van der Waals surface area contributed by atoms with E-state index in [2.05, 4.69) is 31.4 Å². The van der Waals surface area contributed by atoms with Crippen LogP contribution in [0.15, 0.2) is 51.5 Å². The van der Waals surface area contributed by atoms with E-state index in [0.717, 1.165) is 15.8 Å². The lowest BCUT2D eigenvalue weighted by atomic mass is 10.2. The predicted molar refractivity (Wildman–Crippen MR) is 101 cm³/mol. The first kappa shape index (κ1) is 19.0. The summed E-state index contributed by atoms with van der Waals surface area (Å²) in [5.41, 5.74) is 1.47. The minimum Gasteiger partial charge on any atom is -0.497 e. The van der Waals surface area contributed by atoms with Crippen LogP contribution in [-0.4, -0.2) is 23.2 Å². The first-order valence-electron chi connectivity index (χ1n) is 8.23. The molecule has 0 aliphatic heterocycles. The highest BCUT2D eigenvalue weighted by Crippen LogP contribution is 2.20. The van der Waals surface area contributed by atoms with Gasteiger partial charge in [0.05, 0.1) is 7.11 Å². The average molecular weight is 434 g/mol. The summed E-state index contributed by atoms with van der Waals surface area (Å²) < 4.78 is 24.3. The van der Waals surface area contributed by atoms with Gasteiger partial charge in [-0.25, -0.2) is 4.39 Å². The molecule has 1 heterocycles. The van der Waals surface area contributed by atoms with E-state index in [0.29, 0.717) is 23.7 Å². The van der Waals surface area contributed by atoms with Gasteiger partial charge < -0.3 is 14.6 Å². The Balaban J connectivity index is 1.51. The van der Waals surface area contributed by atoms with E-state index >= 15 is 0 Å². The van der Waals surface area contributed by atoms with Crippen LogP contribution in [-0.2, 0) is 17.8 Å². The Labute approximate surface area is 163 Å². The number of halogens is 2. The molecule has 27 heavy (non-hydrogen) atoms. The van der Waals surface area contributed by atoms with Gasteiger partial charge >= 0.3 is 0 Å². The number of aryl methyl sites for hydroxylation is 1. The number of aromatic nitrogens is 2. The average Bonchev–Trinajstić information content (AvgIpc) is 3.16. The van der Waals surface area contributed by atoms with E-state index in [1.165, 1.54) is 12.1 Å². The first-order valence-corrected chi connectivity index (χ1v) is 9.02. The fraction of sp³-hybridized carbons (Fsp3) is 0.211. The maximum atomic E-state index is 13.3. The van der Waals surface area contributed by atoms with Crippen LogP contribution in [0.3, 0.4) is 0 Å². The van der Waals surface area contributed by atoms with Gasteiger partial charge in [-0.1, -0.05) is 21.1 Å². The smallest absolute Gasteiger partial charge is 0.227 e. The molecule has 0 fully saturated rings. The highest BCUT2D eigenvalue weighted by atomic mass is 79.9. The number of ether oxygens (including phenoxy) is 1. The van der Waals surface area contributed by atoms with Crippen LogP contribution in [0.5, 0.6) is 5.75 Å². The zero-order valence-corrected chi connectivity index (χ0v) is 16.1. The first-order chi connectivity index (χ1) is 13.0. The molecule has 0 radical (unpaired) electrons. The quantitative estimate of drug-likeness (QED) is 0.611. The molecule has 0 bridgehead atoms. The van der Waals surface area contributed by atoms with Crippen LogP contribution in [0.4, 0.5) is 4.39 Å². The second-order valence-corrected chi connectivity index (χ2v) is 6.61. The monoisotopic (exact) mass is 433 g/mol. The van der Waals surface area contributed by atoms with Gasteiger partial charge in [-0.05, 0) is 48.0 Å². The van der Waals surface area contributed by atoms with E-state index in [1.54, 1.807) is 13.2 Å². The van der Waals surface area contributed by atoms with Crippen LogP contribution >= 0.6 is 15.9 Å². The van der Waals surface area contributed by atoms with Crippen molar-refractivity contribution in [3.63, 3.8) is 0 Å². The van der Waals surface area contributed by atoms with Gasteiger partial charge in [0.1, 0.15) is 11.6 Å². The maximum Gasteiger partial charge on any atom is 0.227 e. The Bertz CT molecular complexity index is 928. The van der Waals surface area contributed by atoms with Crippen molar-refractivity contribution in [3.8, 4) is 17.1 Å². The van der Waals surface area contributed by atoms with Crippen molar-refractivity contribution < 1.29 is 18.4 Å². The van der Waals surface area contributed by atoms with Crippen LogP contribution in [0, 0.1) is 5.82 Å². The lowest BCUT2D eigenvalue weighted by molar-refractivity contribution is -0.121. The van der Waals surface area contributed by atoms with Gasteiger partial charge in [0.2, 0.25) is 17.6 Å². The molecule has 0 spiro atoms. The normalized spacial score (nSPS) is 10.6. The van der Waals surface area contributed by atoms with Crippen LogP contribution in [0.1, 0.15) is 17.9 Å². The standard InChI is InChI=1S/C19H17BrFN3O3/c1-26-15-5-2-12(3-6-15)19-23-18(27-24-19)9-8-17(25)22-11-13-10-14(21)4-7-16(13)20/h2-7,10H,8-9,11H2,1H3,(H,22,25). The second kappa shape index (κ2) is 8.77. The van der Waals surface area contributed by atoms with E-state index < -0.39 is 0 Å². The summed E-state index contributed by atoms with van der Waals surface area (Å²) in [6.07, 6.45) is 0.510. The van der Waals surface area contributed by atoms with Crippen molar-refractivity contribution in [1.82, 2.24) is 15.5 Å². The Morgan fingerprint density at radius 1 is 1.26 bits per heavy atom. The Kier molecular flexibility index (Phi) is 6.18. The van der Waals surface area contributed by atoms with Gasteiger partial charge in [-0.3, -0.25) is 4.79 Å². The van der Waals surface area contributed by atoms with Crippen molar-refractivity contribution in [1.29, 1.82) is 0 Å². The lowest BCUT2D eigenvalue weighted by Gasteiger charge is -2.06. The molecule has 1 amide bonds. The molecule has 1 N–H and O–H groups in total. The molecule has 3 rings (SSSR count). The number of hydrogen-bond donors (Lipinski definition) is 1. The van der Waals surface area contributed by atoms with E-state index in [1.807, 2.05) is 24.3 Å². The van der Waals surface area contributed by atoms with Gasteiger partial charge in [0.15, 0.2) is 0 Å². The summed E-state index contributed by atoms with van der Waals surface area (Å²) in [5, 5.41) is 6.68. The zero-order valence-electron chi connectivity index (χ0n) is 14.5. The number of nitrogens with one attached hydrogen (secondary N) is 1. The number of nitrogens with zero attached hydrogens (tertiary/aromatic N) is 2.